The predicted molar refractivity (Wildman–Crippen MR) is 110 cm³/mol. The molecule has 1 aromatic carbocycles. The van der Waals surface area contributed by atoms with Gasteiger partial charge < -0.3 is 4.90 Å². The molecule has 0 atom stereocenters. The molecular weight excluding hydrogens is 360 g/mol. The zero-order chi connectivity index (χ0) is 19.6. The number of unbranched alkanes of at least 4 members (excludes halogenated alkanes) is 1. The number of carbonyl (C=O) groups is 1. The molecule has 0 saturated heterocycles. The molecule has 0 unspecified atom stereocenters. The molecule has 0 spiro atoms. The summed E-state index contributed by atoms with van der Waals surface area (Å²) in [4.78, 5) is 19.3. The number of aryl methyl sites for hydroxylation is 2. The van der Waals surface area contributed by atoms with Gasteiger partial charge in [-0.2, -0.15) is 5.10 Å². The van der Waals surface area contributed by atoms with Gasteiger partial charge >= 0.3 is 0 Å². The molecule has 0 aliphatic carbocycles. The molecule has 0 aliphatic heterocycles. The fraction of sp³-hybridized carbons (Fsp3) is 0.381. The van der Waals surface area contributed by atoms with Crippen molar-refractivity contribution in [3.63, 3.8) is 0 Å². The first-order valence-electron chi connectivity index (χ1n) is 9.38. The van der Waals surface area contributed by atoms with Gasteiger partial charge in [-0.05, 0) is 39.3 Å². The molecule has 0 N–H and O–H groups in total. The second kappa shape index (κ2) is 8.09. The Morgan fingerprint density at radius 2 is 1.89 bits per heavy atom. The third-order valence-corrected chi connectivity index (χ3v) is 5.16. The lowest BCUT2D eigenvalue weighted by Crippen LogP contribution is -2.32. The smallest absolute Gasteiger partial charge is 0.256 e. The third kappa shape index (κ3) is 3.69. The van der Waals surface area contributed by atoms with Gasteiger partial charge in [0, 0.05) is 19.3 Å². The van der Waals surface area contributed by atoms with Gasteiger partial charge in [0.2, 0.25) is 0 Å². The largest absolute Gasteiger partial charge is 0.339 e. The van der Waals surface area contributed by atoms with Gasteiger partial charge in [-0.25, -0.2) is 9.67 Å². The van der Waals surface area contributed by atoms with E-state index in [9.17, 15) is 4.79 Å². The molecule has 6 heteroatoms. The van der Waals surface area contributed by atoms with Crippen LogP contribution >= 0.6 is 11.6 Å². The van der Waals surface area contributed by atoms with Gasteiger partial charge in [-0.3, -0.25) is 4.79 Å². The molecule has 2 aromatic heterocycles. The number of aromatic nitrogens is 3. The standard InChI is InChI=1S/C21H25ClN4O/c1-5-7-12-25(6-2)21(27)17-13-23-20-18(19(17)22)15(4)24-26(20)16-10-8-14(3)9-11-16/h8-11,13H,5-7,12H2,1-4H3. The molecular formula is C21H25ClN4O. The number of carbonyl (C=O) groups excluding carboxylic acids is 1. The van der Waals surface area contributed by atoms with Gasteiger partial charge in [-0.1, -0.05) is 42.6 Å². The number of hydrogen-bond donors (Lipinski definition) is 0. The van der Waals surface area contributed by atoms with Gasteiger partial charge in [-0.15, -0.1) is 0 Å². The summed E-state index contributed by atoms with van der Waals surface area (Å²) in [6.07, 6.45) is 3.59. The van der Waals surface area contributed by atoms with Crippen LogP contribution < -0.4 is 0 Å². The van der Waals surface area contributed by atoms with Crippen LogP contribution in [0.2, 0.25) is 5.02 Å². The first-order chi connectivity index (χ1) is 13.0. The molecule has 0 radical (unpaired) electrons. The Balaban J connectivity index is 2.06. The highest BCUT2D eigenvalue weighted by molar-refractivity contribution is 6.38. The number of halogens is 1. The highest BCUT2D eigenvalue weighted by atomic mass is 35.5. The van der Waals surface area contributed by atoms with Crippen LogP contribution in [0, 0.1) is 13.8 Å². The first-order valence-corrected chi connectivity index (χ1v) is 9.75. The van der Waals surface area contributed by atoms with E-state index in [1.807, 2.05) is 49.9 Å². The van der Waals surface area contributed by atoms with E-state index in [1.165, 1.54) is 5.56 Å². The minimum atomic E-state index is -0.0761. The normalized spacial score (nSPS) is 11.1. The van der Waals surface area contributed by atoms with E-state index >= 15 is 0 Å². The highest BCUT2D eigenvalue weighted by Crippen LogP contribution is 2.30. The van der Waals surface area contributed by atoms with Crippen molar-refractivity contribution in [2.45, 2.75) is 40.5 Å². The lowest BCUT2D eigenvalue weighted by atomic mass is 10.1. The minimum Gasteiger partial charge on any atom is -0.339 e. The summed E-state index contributed by atoms with van der Waals surface area (Å²) >= 11 is 6.66. The number of fused-ring (bicyclic) bond motifs is 1. The average molecular weight is 385 g/mol. The summed E-state index contributed by atoms with van der Waals surface area (Å²) in [5.74, 6) is -0.0761. The first kappa shape index (κ1) is 19.4. The van der Waals surface area contributed by atoms with Crippen molar-refractivity contribution < 1.29 is 4.79 Å². The SMILES string of the molecule is CCCCN(CC)C(=O)c1cnc2c(c(C)nn2-c2ccc(C)cc2)c1Cl. The van der Waals surface area contributed by atoms with Crippen LogP contribution in [-0.2, 0) is 0 Å². The van der Waals surface area contributed by atoms with E-state index in [4.69, 9.17) is 11.6 Å². The molecule has 0 bridgehead atoms. The van der Waals surface area contributed by atoms with Crippen LogP contribution in [0.5, 0.6) is 0 Å². The van der Waals surface area contributed by atoms with E-state index < -0.39 is 0 Å². The van der Waals surface area contributed by atoms with Crippen LogP contribution in [0.15, 0.2) is 30.5 Å². The lowest BCUT2D eigenvalue weighted by molar-refractivity contribution is 0.0762. The molecule has 2 heterocycles. The second-order valence-electron chi connectivity index (χ2n) is 6.76. The Morgan fingerprint density at radius 1 is 1.19 bits per heavy atom. The van der Waals surface area contributed by atoms with Crippen LogP contribution in [0.3, 0.4) is 0 Å². The van der Waals surface area contributed by atoms with Crippen LogP contribution in [0.1, 0.15) is 48.3 Å². The average Bonchev–Trinajstić information content (AvgIpc) is 3.00. The summed E-state index contributed by atoms with van der Waals surface area (Å²) in [5.41, 5.74) is 3.95. The maximum atomic E-state index is 12.9. The summed E-state index contributed by atoms with van der Waals surface area (Å²) in [6.45, 7) is 9.40. The van der Waals surface area contributed by atoms with Crippen LogP contribution in [0.4, 0.5) is 0 Å². The molecule has 3 rings (SSSR count). The fourth-order valence-electron chi connectivity index (χ4n) is 3.15. The number of hydrogen-bond acceptors (Lipinski definition) is 3. The van der Waals surface area contributed by atoms with Gasteiger partial charge in [0.05, 0.1) is 27.4 Å². The maximum Gasteiger partial charge on any atom is 0.256 e. The Kier molecular flexibility index (Phi) is 5.80. The number of nitrogens with zero attached hydrogens (tertiary/aromatic N) is 4. The van der Waals surface area contributed by atoms with Crippen molar-refractivity contribution in [3.8, 4) is 5.69 Å². The minimum absolute atomic E-state index is 0.0761. The Labute approximate surface area is 165 Å². The Bertz CT molecular complexity index is 962. The van der Waals surface area contributed by atoms with E-state index in [0.29, 0.717) is 22.8 Å². The Morgan fingerprint density at radius 3 is 2.52 bits per heavy atom. The van der Waals surface area contributed by atoms with Gasteiger partial charge in [0.25, 0.3) is 5.91 Å². The quantitative estimate of drug-likeness (QED) is 0.604. The summed E-state index contributed by atoms with van der Waals surface area (Å²) in [5, 5.41) is 5.77. The van der Waals surface area contributed by atoms with Crippen molar-refractivity contribution >= 4 is 28.5 Å². The maximum absolute atomic E-state index is 12.9. The molecule has 0 fully saturated rings. The van der Waals surface area contributed by atoms with E-state index in [0.717, 1.165) is 36.2 Å². The monoisotopic (exact) mass is 384 g/mol. The number of pyridine rings is 1. The fourth-order valence-corrected chi connectivity index (χ4v) is 3.50. The van der Waals surface area contributed by atoms with Crippen molar-refractivity contribution in [3.05, 3.63) is 52.3 Å². The number of rotatable bonds is 6. The molecule has 27 heavy (non-hydrogen) atoms. The highest BCUT2D eigenvalue weighted by Gasteiger charge is 2.22. The second-order valence-corrected chi connectivity index (χ2v) is 7.13. The predicted octanol–water partition coefficient (Wildman–Crippen LogP) is 4.95. The molecule has 1 amide bonds. The van der Waals surface area contributed by atoms with E-state index in [1.54, 1.807) is 10.9 Å². The molecule has 3 aromatic rings. The van der Waals surface area contributed by atoms with E-state index in [-0.39, 0.29) is 5.91 Å². The lowest BCUT2D eigenvalue weighted by Gasteiger charge is -2.21. The third-order valence-electron chi connectivity index (χ3n) is 4.77. The molecule has 5 nitrogen and oxygen atoms in total. The summed E-state index contributed by atoms with van der Waals surface area (Å²) < 4.78 is 1.78. The van der Waals surface area contributed by atoms with Crippen molar-refractivity contribution in [2.75, 3.05) is 13.1 Å². The topological polar surface area (TPSA) is 51.0 Å². The molecule has 142 valence electrons. The molecule has 0 aliphatic rings. The van der Waals surface area contributed by atoms with E-state index in [2.05, 4.69) is 17.0 Å². The zero-order valence-electron chi connectivity index (χ0n) is 16.3. The summed E-state index contributed by atoms with van der Waals surface area (Å²) in [6, 6.07) is 8.06. The van der Waals surface area contributed by atoms with Gasteiger partial charge in [0.1, 0.15) is 0 Å². The van der Waals surface area contributed by atoms with Crippen LogP contribution in [0.25, 0.3) is 16.7 Å². The Hall–Kier alpha value is -2.40. The number of benzene rings is 1. The zero-order valence-corrected chi connectivity index (χ0v) is 17.0. The van der Waals surface area contributed by atoms with Crippen molar-refractivity contribution in [2.24, 2.45) is 0 Å². The van der Waals surface area contributed by atoms with Crippen molar-refractivity contribution in [1.29, 1.82) is 0 Å². The number of amides is 1. The van der Waals surface area contributed by atoms with Crippen molar-refractivity contribution in [1.82, 2.24) is 19.7 Å². The molecule has 0 saturated carbocycles. The van der Waals surface area contributed by atoms with Gasteiger partial charge in [0.15, 0.2) is 5.65 Å². The van der Waals surface area contributed by atoms with Crippen LogP contribution in [-0.4, -0.2) is 38.7 Å². The summed E-state index contributed by atoms with van der Waals surface area (Å²) in [7, 11) is 0.